The summed E-state index contributed by atoms with van der Waals surface area (Å²) in [5.41, 5.74) is 1.48. The van der Waals surface area contributed by atoms with Crippen molar-refractivity contribution >= 4 is 29.0 Å². The van der Waals surface area contributed by atoms with E-state index in [9.17, 15) is 9.59 Å². The highest BCUT2D eigenvalue weighted by Crippen LogP contribution is 2.33. The monoisotopic (exact) mass is 552 g/mol. The summed E-state index contributed by atoms with van der Waals surface area (Å²) in [6.07, 6.45) is 9.10. The number of likely N-dealkylation sites (tertiary alicyclic amines) is 1. The van der Waals surface area contributed by atoms with Gasteiger partial charge in [-0.25, -0.2) is 0 Å². The zero-order chi connectivity index (χ0) is 27.4. The van der Waals surface area contributed by atoms with E-state index in [-0.39, 0.29) is 23.7 Å². The molecule has 3 fully saturated rings. The van der Waals surface area contributed by atoms with Crippen molar-refractivity contribution in [1.29, 1.82) is 0 Å². The number of halogens is 1. The third-order valence-electron chi connectivity index (χ3n) is 9.05. The van der Waals surface area contributed by atoms with Gasteiger partial charge in [-0.15, -0.1) is 0 Å². The summed E-state index contributed by atoms with van der Waals surface area (Å²) in [6, 6.07) is 14.0. The summed E-state index contributed by atoms with van der Waals surface area (Å²) >= 11 is 6.06. The molecule has 210 valence electrons. The zero-order valence-corrected chi connectivity index (χ0v) is 24.0. The standard InChI is InChI=1S/C32H41ClN2O4/c1-22(20-30(36)29-12-7-24(33)21-31(29)38-2)23-6-13-32(37)35(19-14-23)26-8-10-27(11-9-26)39-28-15-17-34(18-16-28)25-4-3-5-25/h7-12,21-23,25,28H,3-6,13-20H2,1-2H3. The Morgan fingerprint density at radius 3 is 2.41 bits per heavy atom. The molecule has 1 saturated carbocycles. The summed E-state index contributed by atoms with van der Waals surface area (Å²) < 4.78 is 11.7. The number of Topliss-reactive ketones (excluding diaryl/α,β-unsaturated/α-hetero) is 1. The molecule has 2 saturated heterocycles. The lowest BCUT2D eigenvalue weighted by molar-refractivity contribution is -0.118. The lowest BCUT2D eigenvalue weighted by Gasteiger charge is -2.41. The molecule has 0 spiro atoms. The van der Waals surface area contributed by atoms with Crippen LogP contribution in [0.4, 0.5) is 5.69 Å². The molecule has 1 amide bonds. The highest BCUT2D eigenvalue weighted by atomic mass is 35.5. The molecular formula is C32H41ClN2O4. The number of nitrogens with zero attached hydrogens (tertiary/aromatic N) is 2. The summed E-state index contributed by atoms with van der Waals surface area (Å²) in [5, 5.41) is 0.544. The van der Waals surface area contributed by atoms with Crippen molar-refractivity contribution in [3.05, 3.63) is 53.1 Å². The number of methoxy groups -OCH3 is 1. The van der Waals surface area contributed by atoms with Crippen molar-refractivity contribution in [1.82, 2.24) is 4.90 Å². The molecule has 6 nitrogen and oxygen atoms in total. The number of amides is 1. The Hall–Kier alpha value is -2.57. The second-order valence-electron chi connectivity index (χ2n) is 11.5. The van der Waals surface area contributed by atoms with Crippen molar-refractivity contribution in [3.8, 4) is 11.5 Å². The number of ketones is 1. The minimum atomic E-state index is 0.0488. The number of anilines is 1. The molecule has 2 aliphatic heterocycles. The van der Waals surface area contributed by atoms with Crippen LogP contribution in [0, 0.1) is 11.8 Å². The SMILES string of the molecule is COc1cc(Cl)ccc1C(=O)CC(C)C1CCC(=O)N(c2ccc(OC3CCN(C4CCC4)CC3)cc2)CC1. The van der Waals surface area contributed by atoms with Gasteiger partial charge in [0.05, 0.1) is 12.7 Å². The van der Waals surface area contributed by atoms with Gasteiger partial charge >= 0.3 is 0 Å². The minimum absolute atomic E-state index is 0.0488. The van der Waals surface area contributed by atoms with Crippen LogP contribution in [-0.2, 0) is 4.79 Å². The molecule has 0 N–H and O–H groups in total. The van der Waals surface area contributed by atoms with Gasteiger partial charge in [-0.3, -0.25) is 9.59 Å². The maximum atomic E-state index is 13.1. The first kappa shape index (κ1) is 28.0. The van der Waals surface area contributed by atoms with Crippen molar-refractivity contribution < 1.29 is 19.1 Å². The van der Waals surface area contributed by atoms with Gasteiger partial charge in [-0.1, -0.05) is 24.9 Å². The Kier molecular flexibility index (Phi) is 9.13. The number of carbonyl (C=O) groups excluding carboxylic acids is 2. The Morgan fingerprint density at radius 1 is 1.00 bits per heavy atom. The highest BCUT2D eigenvalue weighted by Gasteiger charge is 2.30. The molecule has 2 atom stereocenters. The molecule has 39 heavy (non-hydrogen) atoms. The molecule has 0 bridgehead atoms. The number of carbonyl (C=O) groups is 2. The number of benzene rings is 2. The second kappa shape index (κ2) is 12.7. The first-order valence-electron chi connectivity index (χ1n) is 14.6. The van der Waals surface area contributed by atoms with Crippen LogP contribution in [0.3, 0.4) is 0 Å². The van der Waals surface area contributed by atoms with E-state index in [1.54, 1.807) is 25.3 Å². The van der Waals surface area contributed by atoms with Crippen molar-refractivity contribution in [2.45, 2.75) is 76.9 Å². The predicted octanol–water partition coefficient (Wildman–Crippen LogP) is 6.79. The van der Waals surface area contributed by atoms with Gasteiger partial charge in [-0.2, -0.15) is 0 Å². The molecule has 0 aromatic heterocycles. The van der Waals surface area contributed by atoms with E-state index >= 15 is 0 Å². The number of hydrogen-bond donors (Lipinski definition) is 0. The average molecular weight is 553 g/mol. The van der Waals surface area contributed by atoms with E-state index in [0.29, 0.717) is 41.6 Å². The lowest BCUT2D eigenvalue weighted by atomic mass is 9.83. The third kappa shape index (κ3) is 6.78. The minimum Gasteiger partial charge on any atom is -0.496 e. The molecule has 3 aliphatic rings. The van der Waals surface area contributed by atoms with Gasteiger partial charge in [0.25, 0.3) is 0 Å². The average Bonchev–Trinajstić information content (AvgIpc) is 3.10. The van der Waals surface area contributed by atoms with E-state index in [0.717, 1.165) is 56.3 Å². The first-order chi connectivity index (χ1) is 18.9. The number of rotatable bonds is 9. The fourth-order valence-corrected chi connectivity index (χ4v) is 6.48. The van der Waals surface area contributed by atoms with Crippen LogP contribution in [0.15, 0.2) is 42.5 Å². The van der Waals surface area contributed by atoms with Crippen LogP contribution >= 0.6 is 11.6 Å². The van der Waals surface area contributed by atoms with Gasteiger partial charge in [0.2, 0.25) is 5.91 Å². The fourth-order valence-electron chi connectivity index (χ4n) is 6.32. The number of hydrogen-bond acceptors (Lipinski definition) is 5. The Labute approximate surface area is 237 Å². The van der Waals surface area contributed by atoms with Crippen LogP contribution in [0.2, 0.25) is 5.02 Å². The molecule has 2 aromatic carbocycles. The summed E-state index contributed by atoms with van der Waals surface area (Å²) in [7, 11) is 1.55. The predicted molar refractivity (Wildman–Crippen MR) is 155 cm³/mol. The lowest BCUT2D eigenvalue weighted by Crippen LogP contribution is -2.46. The highest BCUT2D eigenvalue weighted by molar-refractivity contribution is 6.30. The quantitative estimate of drug-likeness (QED) is 0.321. The zero-order valence-electron chi connectivity index (χ0n) is 23.2. The van der Waals surface area contributed by atoms with Crippen LogP contribution in [0.5, 0.6) is 11.5 Å². The van der Waals surface area contributed by atoms with E-state index < -0.39 is 0 Å². The van der Waals surface area contributed by atoms with Crippen LogP contribution in [0.1, 0.15) is 75.1 Å². The fraction of sp³-hybridized carbons (Fsp3) is 0.562. The molecule has 2 aromatic rings. The molecule has 7 heteroatoms. The Bertz CT molecular complexity index is 1140. The molecule has 1 aliphatic carbocycles. The molecule has 0 radical (unpaired) electrons. The van der Waals surface area contributed by atoms with Crippen LogP contribution in [-0.4, -0.2) is 55.5 Å². The topological polar surface area (TPSA) is 59.1 Å². The summed E-state index contributed by atoms with van der Waals surface area (Å²) in [5.74, 6) is 2.05. The van der Waals surface area contributed by atoms with Crippen LogP contribution in [0.25, 0.3) is 0 Å². The summed E-state index contributed by atoms with van der Waals surface area (Å²) in [4.78, 5) is 30.6. The molecule has 2 heterocycles. The maximum Gasteiger partial charge on any atom is 0.226 e. The van der Waals surface area contributed by atoms with Gasteiger partial charge in [-0.05, 0) is 92.8 Å². The van der Waals surface area contributed by atoms with E-state index in [1.807, 2.05) is 29.2 Å². The normalized spacial score (nSPS) is 22.2. The van der Waals surface area contributed by atoms with Crippen molar-refractivity contribution in [2.24, 2.45) is 11.8 Å². The summed E-state index contributed by atoms with van der Waals surface area (Å²) in [6.45, 7) is 5.04. The van der Waals surface area contributed by atoms with Crippen molar-refractivity contribution in [2.75, 3.05) is 31.6 Å². The number of piperidine rings is 1. The van der Waals surface area contributed by atoms with E-state index in [1.165, 1.54) is 19.3 Å². The molecular weight excluding hydrogens is 512 g/mol. The molecule has 2 unspecified atom stereocenters. The largest absolute Gasteiger partial charge is 0.496 e. The van der Waals surface area contributed by atoms with Gasteiger partial charge in [0.1, 0.15) is 17.6 Å². The van der Waals surface area contributed by atoms with Crippen LogP contribution < -0.4 is 14.4 Å². The van der Waals surface area contributed by atoms with Crippen molar-refractivity contribution in [3.63, 3.8) is 0 Å². The Balaban J connectivity index is 1.13. The maximum absolute atomic E-state index is 13.1. The van der Waals surface area contributed by atoms with Gasteiger partial charge in [0, 0.05) is 49.2 Å². The van der Waals surface area contributed by atoms with E-state index in [4.69, 9.17) is 21.1 Å². The molecule has 5 rings (SSSR count). The Morgan fingerprint density at radius 2 is 1.74 bits per heavy atom. The second-order valence-corrected chi connectivity index (χ2v) is 12.0. The smallest absolute Gasteiger partial charge is 0.226 e. The van der Waals surface area contributed by atoms with E-state index in [2.05, 4.69) is 11.8 Å². The number of ether oxygens (including phenoxy) is 2. The first-order valence-corrected chi connectivity index (χ1v) is 15.0. The van der Waals surface area contributed by atoms with Gasteiger partial charge < -0.3 is 19.3 Å². The van der Waals surface area contributed by atoms with Gasteiger partial charge in [0.15, 0.2) is 5.78 Å². The third-order valence-corrected chi connectivity index (χ3v) is 9.28.